The smallest absolute Gasteiger partial charge is 0.168 e. The molecule has 1 saturated heterocycles. The summed E-state index contributed by atoms with van der Waals surface area (Å²) in [5.74, 6) is 0.248. The normalized spacial score (nSPS) is 19.6. The molecule has 1 aliphatic heterocycles. The lowest BCUT2D eigenvalue weighted by atomic mass is 9.79. The van der Waals surface area contributed by atoms with Crippen LogP contribution >= 0.6 is 11.6 Å². The summed E-state index contributed by atoms with van der Waals surface area (Å²) >= 11 is 6.09. The number of ether oxygens (including phenoxy) is 3. The highest BCUT2D eigenvalue weighted by Crippen LogP contribution is 2.45. The van der Waals surface area contributed by atoms with Crippen molar-refractivity contribution in [2.45, 2.75) is 37.1 Å². The van der Waals surface area contributed by atoms with Crippen LogP contribution in [-0.4, -0.2) is 41.0 Å². The molecule has 31 heavy (non-hydrogen) atoms. The minimum atomic E-state index is -1.03. The zero-order valence-corrected chi connectivity index (χ0v) is 18.1. The number of hydrogen-bond acceptors (Lipinski definition) is 5. The van der Waals surface area contributed by atoms with E-state index in [1.807, 2.05) is 59.3 Å². The Morgan fingerprint density at radius 3 is 2.23 bits per heavy atom. The van der Waals surface area contributed by atoms with E-state index in [4.69, 9.17) is 30.9 Å². The minimum absolute atomic E-state index is 0.534. The van der Waals surface area contributed by atoms with E-state index in [2.05, 4.69) is 0 Å². The number of hydrogen-bond donors (Lipinski definition) is 1. The lowest BCUT2D eigenvalue weighted by Gasteiger charge is -2.39. The third-order valence-corrected chi connectivity index (χ3v) is 6.55. The van der Waals surface area contributed by atoms with E-state index in [1.54, 1.807) is 7.11 Å². The Morgan fingerprint density at radius 1 is 0.968 bits per heavy atom. The highest BCUT2D eigenvalue weighted by atomic mass is 35.5. The van der Waals surface area contributed by atoms with Gasteiger partial charge in [-0.2, -0.15) is 5.10 Å². The van der Waals surface area contributed by atoms with Crippen LogP contribution < -0.4 is 4.74 Å². The van der Waals surface area contributed by atoms with Crippen LogP contribution in [0.15, 0.2) is 54.6 Å². The zero-order chi connectivity index (χ0) is 21.5. The van der Waals surface area contributed by atoms with Gasteiger partial charge in [0.1, 0.15) is 11.4 Å². The summed E-state index contributed by atoms with van der Waals surface area (Å²) in [5, 5.41) is 17.0. The lowest BCUT2D eigenvalue weighted by molar-refractivity contribution is -0.204. The molecule has 1 saturated carbocycles. The maximum atomic E-state index is 11.5. The lowest BCUT2D eigenvalue weighted by Crippen LogP contribution is -2.42. The number of methoxy groups -OCH3 is 1. The summed E-state index contributed by atoms with van der Waals surface area (Å²) in [6.07, 6.45) is 2.36. The molecule has 1 N–H and O–H groups in total. The van der Waals surface area contributed by atoms with Crippen molar-refractivity contribution < 1.29 is 19.3 Å². The summed E-state index contributed by atoms with van der Waals surface area (Å²) < 4.78 is 18.8. The molecule has 0 bridgehead atoms. The maximum Gasteiger partial charge on any atom is 0.168 e. The van der Waals surface area contributed by atoms with Crippen molar-refractivity contribution in [3.63, 3.8) is 0 Å². The first-order chi connectivity index (χ1) is 15.0. The Balaban J connectivity index is 1.53. The van der Waals surface area contributed by atoms with Crippen molar-refractivity contribution in [3.05, 3.63) is 65.3 Å². The molecular weight excluding hydrogens is 416 g/mol. The second kappa shape index (κ2) is 7.95. The van der Waals surface area contributed by atoms with E-state index in [0.29, 0.717) is 49.6 Å². The van der Waals surface area contributed by atoms with Crippen LogP contribution in [0.25, 0.3) is 16.9 Å². The van der Waals surface area contributed by atoms with Gasteiger partial charge in [-0.1, -0.05) is 11.6 Å². The van der Waals surface area contributed by atoms with Gasteiger partial charge in [0.15, 0.2) is 5.79 Å². The standard InChI is InChI=1S/C24H25ClN2O4/c1-29-20-8-2-17(3-9-20)21-16-22(26-27(21)19-6-4-18(25)5-7-19)23(28)10-12-24(13-11-23)30-14-15-31-24/h2-9,16,28H,10-15H2,1H3. The van der Waals surface area contributed by atoms with Crippen LogP contribution in [-0.2, 0) is 15.1 Å². The predicted octanol–water partition coefficient (Wildman–Crippen LogP) is 4.71. The Bertz CT molecular complexity index is 1050. The first kappa shape index (κ1) is 20.5. The van der Waals surface area contributed by atoms with Crippen molar-refractivity contribution >= 4 is 11.6 Å². The second-order valence-electron chi connectivity index (χ2n) is 8.17. The molecule has 0 amide bonds. The highest BCUT2D eigenvalue weighted by molar-refractivity contribution is 6.30. The van der Waals surface area contributed by atoms with Crippen molar-refractivity contribution in [1.82, 2.24) is 9.78 Å². The van der Waals surface area contributed by atoms with Crippen LogP contribution in [0.4, 0.5) is 0 Å². The van der Waals surface area contributed by atoms with E-state index >= 15 is 0 Å². The van der Waals surface area contributed by atoms with Crippen LogP contribution in [0.3, 0.4) is 0 Å². The van der Waals surface area contributed by atoms with Crippen LogP contribution in [0.2, 0.25) is 5.02 Å². The number of benzene rings is 2. The van der Waals surface area contributed by atoms with Gasteiger partial charge in [-0.25, -0.2) is 4.68 Å². The third kappa shape index (κ3) is 3.85. The van der Waals surface area contributed by atoms with E-state index in [1.165, 1.54) is 0 Å². The first-order valence-electron chi connectivity index (χ1n) is 10.5. The molecule has 2 fully saturated rings. The molecule has 0 radical (unpaired) electrons. The second-order valence-corrected chi connectivity index (χ2v) is 8.61. The largest absolute Gasteiger partial charge is 0.497 e. The molecule has 0 atom stereocenters. The molecule has 1 aromatic heterocycles. The summed E-state index contributed by atoms with van der Waals surface area (Å²) in [5.41, 5.74) is 2.37. The molecule has 7 heteroatoms. The zero-order valence-electron chi connectivity index (χ0n) is 17.4. The molecular formula is C24H25ClN2O4. The molecule has 1 aliphatic carbocycles. The summed E-state index contributed by atoms with van der Waals surface area (Å²) in [7, 11) is 1.65. The molecule has 3 aromatic rings. The fourth-order valence-electron chi connectivity index (χ4n) is 4.44. The Labute approximate surface area is 186 Å². The molecule has 162 valence electrons. The van der Waals surface area contributed by atoms with E-state index < -0.39 is 11.4 Å². The van der Waals surface area contributed by atoms with Gasteiger partial charge in [0.05, 0.1) is 37.4 Å². The number of aromatic nitrogens is 2. The SMILES string of the molecule is COc1ccc(-c2cc(C3(O)CCC4(CC3)OCCO4)nn2-c2ccc(Cl)cc2)cc1. The van der Waals surface area contributed by atoms with Crippen molar-refractivity contribution in [1.29, 1.82) is 0 Å². The first-order valence-corrected chi connectivity index (χ1v) is 10.9. The minimum Gasteiger partial charge on any atom is -0.497 e. The number of aliphatic hydroxyl groups is 1. The quantitative estimate of drug-likeness (QED) is 0.636. The van der Waals surface area contributed by atoms with Crippen molar-refractivity contribution in [3.8, 4) is 22.7 Å². The Kier molecular flexibility index (Phi) is 5.26. The summed E-state index contributed by atoms with van der Waals surface area (Å²) in [6, 6.07) is 17.3. The van der Waals surface area contributed by atoms with Crippen molar-refractivity contribution in [2.24, 2.45) is 0 Å². The Morgan fingerprint density at radius 2 is 1.61 bits per heavy atom. The number of rotatable bonds is 4. The van der Waals surface area contributed by atoms with Crippen LogP contribution in [0.5, 0.6) is 5.75 Å². The topological polar surface area (TPSA) is 65.7 Å². The van der Waals surface area contributed by atoms with E-state index in [0.717, 1.165) is 22.7 Å². The summed E-state index contributed by atoms with van der Waals surface area (Å²) in [6.45, 7) is 1.23. The molecule has 2 aromatic carbocycles. The van der Waals surface area contributed by atoms with Gasteiger partial charge in [-0.3, -0.25) is 0 Å². The monoisotopic (exact) mass is 440 g/mol. The molecule has 5 rings (SSSR count). The van der Waals surface area contributed by atoms with Gasteiger partial charge in [-0.05, 0) is 67.4 Å². The van der Waals surface area contributed by atoms with Crippen LogP contribution in [0.1, 0.15) is 31.4 Å². The molecule has 1 spiro atoms. The molecule has 0 unspecified atom stereocenters. The fourth-order valence-corrected chi connectivity index (χ4v) is 4.57. The van der Waals surface area contributed by atoms with Gasteiger partial charge in [-0.15, -0.1) is 0 Å². The highest BCUT2D eigenvalue weighted by Gasteiger charge is 2.47. The molecule has 2 heterocycles. The van der Waals surface area contributed by atoms with Gasteiger partial charge in [0.25, 0.3) is 0 Å². The third-order valence-electron chi connectivity index (χ3n) is 6.30. The van der Waals surface area contributed by atoms with Gasteiger partial charge in [0.2, 0.25) is 0 Å². The van der Waals surface area contributed by atoms with E-state index in [9.17, 15) is 5.11 Å². The van der Waals surface area contributed by atoms with Gasteiger partial charge >= 0.3 is 0 Å². The van der Waals surface area contributed by atoms with Crippen LogP contribution in [0, 0.1) is 0 Å². The number of halogens is 1. The average Bonchev–Trinajstić information content (AvgIpc) is 3.45. The maximum absolute atomic E-state index is 11.5. The Hall–Kier alpha value is -2.38. The average molecular weight is 441 g/mol. The predicted molar refractivity (Wildman–Crippen MR) is 118 cm³/mol. The molecule has 6 nitrogen and oxygen atoms in total. The summed E-state index contributed by atoms with van der Waals surface area (Å²) in [4.78, 5) is 0. The molecule has 2 aliphatic rings. The van der Waals surface area contributed by atoms with Gasteiger partial charge < -0.3 is 19.3 Å². The van der Waals surface area contributed by atoms with E-state index in [-0.39, 0.29) is 0 Å². The fraction of sp³-hybridized carbons (Fsp3) is 0.375. The number of nitrogens with zero attached hydrogens (tertiary/aromatic N) is 2. The van der Waals surface area contributed by atoms with Gasteiger partial charge in [0, 0.05) is 23.4 Å². The van der Waals surface area contributed by atoms with Crippen molar-refractivity contribution in [2.75, 3.05) is 20.3 Å².